The van der Waals surface area contributed by atoms with Crippen LogP contribution in [0.1, 0.15) is 15.2 Å². The second-order valence-corrected chi connectivity index (χ2v) is 5.97. The molecule has 2 aromatic heterocycles. The molecule has 2 heterocycles. The van der Waals surface area contributed by atoms with Crippen LogP contribution in [-0.4, -0.2) is 11.1 Å². The minimum Gasteiger partial charge on any atom is -0.477 e. The maximum atomic E-state index is 11.0. The van der Waals surface area contributed by atoms with Gasteiger partial charge >= 0.3 is 5.97 Å². The quantitative estimate of drug-likeness (QED) is 0.754. The molecule has 0 unspecified atom stereocenters. The van der Waals surface area contributed by atoms with Crippen molar-refractivity contribution in [1.29, 1.82) is 0 Å². The van der Waals surface area contributed by atoms with Crippen LogP contribution in [0.2, 0.25) is 0 Å². The standard InChI is InChI=1S/C14H11NO2S2/c16-14(17)13-10(4-6-19-13)8-15-11-1-2-12-9(7-11)3-5-18-12/h1-7,15H,8H2,(H,16,17). The van der Waals surface area contributed by atoms with E-state index in [0.29, 0.717) is 11.4 Å². The average molecular weight is 289 g/mol. The number of hydrogen-bond acceptors (Lipinski definition) is 4. The summed E-state index contributed by atoms with van der Waals surface area (Å²) >= 11 is 2.97. The molecule has 0 spiro atoms. The predicted octanol–water partition coefficient (Wildman–Crippen LogP) is 4.27. The van der Waals surface area contributed by atoms with E-state index in [1.165, 1.54) is 21.4 Å². The highest BCUT2D eigenvalue weighted by Crippen LogP contribution is 2.25. The molecule has 5 heteroatoms. The van der Waals surface area contributed by atoms with Gasteiger partial charge in [0.25, 0.3) is 0 Å². The highest BCUT2D eigenvalue weighted by atomic mass is 32.1. The van der Waals surface area contributed by atoms with Crippen molar-refractivity contribution in [2.24, 2.45) is 0 Å². The summed E-state index contributed by atoms with van der Waals surface area (Å²) in [6.45, 7) is 0.529. The molecule has 0 atom stereocenters. The zero-order valence-corrected chi connectivity index (χ0v) is 11.6. The monoisotopic (exact) mass is 289 g/mol. The van der Waals surface area contributed by atoms with Gasteiger partial charge in [-0.2, -0.15) is 0 Å². The number of fused-ring (bicyclic) bond motifs is 1. The normalized spacial score (nSPS) is 10.7. The van der Waals surface area contributed by atoms with Crippen LogP contribution < -0.4 is 5.32 Å². The van der Waals surface area contributed by atoms with Crippen molar-refractivity contribution in [3.8, 4) is 0 Å². The van der Waals surface area contributed by atoms with Crippen LogP contribution in [0.5, 0.6) is 0 Å². The number of hydrogen-bond donors (Lipinski definition) is 2. The third kappa shape index (κ3) is 2.47. The van der Waals surface area contributed by atoms with Gasteiger partial charge in [0, 0.05) is 16.9 Å². The fourth-order valence-electron chi connectivity index (χ4n) is 1.94. The molecule has 3 rings (SSSR count). The maximum absolute atomic E-state index is 11.0. The highest BCUT2D eigenvalue weighted by molar-refractivity contribution is 7.17. The number of thiophene rings is 2. The van der Waals surface area contributed by atoms with Gasteiger partial charge in [0.1, 0.15) is 4.88 Å². The molecule has 0 aliphatic heterocycles. The van der Waals surface area contributed by atoms with Crippen LogP contribution in [0.25, 0.3) is 10.1 Å². The lowest BCUT2D eigenvalue weighted by Crippen LogP contribution is -2.03. The Morgan fingerprint density at radius 2 is 2.00 bits per heavy atom. The van der Waals surface area contributed by atoms with Crippen LogP contribution in [0.4, 0.5) is 5.69 Å². The molecule has 0 radical (unpaired) electrons. The smallest absolute Gasteiger partial charge is 0.346 e. The molecule has 2 N–H and O–H groups in total. The summed E-state index contributed by atoms with van der Waals surface area (Å²) in [5.74, 6) is -0.861. The lowest BCUT2D eigenvalue weighted by Gasteiger charge is -2.06. The van der Waals surface area contributed by atoms with E-state index in [1.54, 1.807) is 11.3 Å². The summed E-state index contributed by atoms with van der Waals surface area (Å²) in [4.78, 5) is 11.4. The van der Waals surface area contributed by atoms with E-state index in [2.05, 4.69) is 28.9 Å². The molecule has 0 saturated carbocycles. The lowest BCUT2D eigenvalue weighted by atomic mass is 10.2. The van der Waals surface area contributed by atoms with E-state index in [-0.39, 0.29) is 0 Å². The summed E-state index contributed by atoms with van der Waals surface area (Å²) in [5.41, 5.74) is 1.83. The van der Waals surface area contributed by atoms with E-state index >= 15 is 0 Å². The minimum atomic E-state index is -0.861. The van der Waals surface area contributed by atoms with Gasteiger partial charge in [0.2, 0.25) is 0 Å². The van der Waals surface area contributed by atoms with Crippen LogP contribution in [-0.2, 0) is 6.54 Å². The molecule has 0 bridgehead atoms. The summed E-state index contributed by atoms with van der Waals surface area (Å²) < 4.78 is 1.26. The molecule has 0 aliphatic rings. The van der Waals surface area contributed by atoms with Crippen molar-refractivity contribution in [2.75, 3.05) is 5.32 Å². The number of aromatic carboxylic acids is 1. The number of nitrogens with one attached hydrogen (secondary N) is 1. The summed E-state index contributed by atoms with van der Waals surface area (Å²) in [5, 5.41) is 17.4. The van der Waals surface area contributed by atoms with Crippen LogP contribution in [0, 0.1) is 0 Å². The Hall–Kier alpha value is -1.85. The molecule has 3 nitrogen and oxygen atoms in total. The second kappa shape index (κ2) is 5.03. The first kappa shape index (κ1) is 12.2. The molecule has 96 valence electrons. The summed E-state index contributed by atoms with van der Waals surface area (Å²) in [6.07, 6.45) is 0. The molecule has 0 amide bonds. The van der Waals surface area contributed by atoms with Crippen molar-refractivity contribution in [3.63, 3.8) is 0 Å². The number of anilines is 1. The molecule has 0 saturated heterocycles. The van der Waals surface area contributed by atoms with Gasteiger partial charge in [-0.1, -0.05) is 0 Å². The van der Waals surface area contributed by atoms with E-state index < -0.39 is 5.97 Å². The van der Waals surface area contributed by atoms with E-state index in [1.807, 2.05) is 17.5 Å². The first-order chi connectivity index (χ1) is 9.24. The molecule has 0 fully saturated rings. The molecule has 3 aromatic rings. The third-order valence-corrected chi connectivity index (χ3v) is 4.72. The third-order valence-electron chi connectivity index (χ3n) is 2.88. The Morgan fingerprint density at radius 3 is 2.84 bits per heavy atom. The number of carbonyl (C=O) groups is 1. The average Bonchev–Trinajstić information content (AvgIpc) is 3.04. The molecule has 0 aliphatic carbocycles. The molecule has 1 aromatic carbocycles. The lowest BCUT2D eigenvalue weighted by molar-refractivity contribution is 0.0701. The van der Waals surface area contributed by atoms with Crippen molar-refractivity contribution in [3.05, 3.63) is 51.5 Å². The minimum absolute atomic E-state index is 0.407. The Labute approximate surface area is 118 Å². The molecular weight excluding hydrogens is 278 g/mol. The Balaban J connectivity index is 1.78. The molecule has 19 heavy (non-hydrogen) atoms. The fraction of sp³-hybridized carbons (Fsp3) is 0.0714. The molecular formula is C14H11NO2S2. The van der Waals surface area contributed by atoms with E-state index in [9.17, 15) is 4.79 Å². The van der Waals surface area contributed by atoms with Gasteiger partial charge in [-0.05, 0) is 52.0 Å². The number of carboxylic acid groups (broad SMARTS) is 1. The van der Waals surface area contributed by atoms with Gasteiger partial charge in [0.15, 0.2) is 0 Å². The summed E-state index contributed by atoms with van der Waals surface area (Å²) in [6, 6.07) is 10.1. The van der Waals surface area contributed by atoms with E-state index in [0.717, 1.165) is 11.3 Å². The van der Waals surface area contributed by atoms with Gasteiger partial charge in [0.05, 0.1) is 0 Å². The number of rotatable bonds is 4. The first-order valence-electron chi connectivity index (χ1n) is 5.75. The fourth-order valence-corrected chi connectivity index (χ4v) is 3.47. The number of benzene rings is 1. The highest BCUT2D eigenvalue weighted by Gasteiger charge is 2.11. The van der Waals surface area contributed by atoms with Gasteiger partial charge in [-0.15, -0.1) is 22.7 Å². The van der Waals surface area contributed by atoms with Gasteiger partial charge in [-0.25, -0.2) is 4.79 Å². The van der Waals surface area contributed by atoms with Crippen molar-refractivity contribution in [1.82, 2.24) is 0 Å². The second-order valence-electron chi connectivity index (χ2n) is 4.11. The van der Waals surface area contributed by atoms with Gasteiger partial charge in [-0.3, -0.25) is 0 Å². The summed E-state index contributed by atoms with van der Waals surface area (Å²) in [7, 11) is 0. The van der Waals surface area contributed by atoms with Crippen molar-refractivity contribution < 1.29 is 9.90 Å². The van der Waals surface area contributed by atoms with Crippen LogP contribution >= 0.6 is 22.7 Å². The zero-order chi connectivity index (χ0) is 13.2. The first-order valence-corrected chi connectivity index (χ1v) is 7.51. The topological polar surface area (TPSA) is 49.3 Å². The van der Waals surface area contributed by atoms with Gasteiger partial charge < -0.3 is 10.4 Å². The van der Waals surface area contributed by atoms with Crippen molar-refractivity contribution in [2.45, 2.75) is 6.54 Å². The largest absolute Gasteiger partial charge is 0.477 e. The maximum Gasteiger partial charge on any atom is 0.346 e. The predicted molar refractivity (Wildman–Crippen MR) is 80.4 cm³/mol. The zero-order valence-electron chi connectivity index (χ0n) is 9.92. The Kier molecular flexibility index (Phi) is 3.23. The SMILES string of the molecule is O=C(O)c1sccc1CNc1ccc2sccc2c1. The van der Waals surface area contributed by atoms with Crippen LogP contribution in [0.3, 0.4) is 0 Å². The Morgan fingerprint density at radius 1 is 1.16 bits per heavy atom. The van der Waals surface area contributed by atoms with E-state index in [4.69, 9.17) is 5.11 Å². The Bertz CT molecular complexity index is 730. The van der Waals surface area contributed by atoms with Crippen LogP contribution in [0.15, 0.2) is 41.1 Å². The number of carboxylic acids is 1. The van der Waals surface area contributed by atoms with Crippen molar-refractivity contribution >= 4 is 44.4 Å².